The summed E-state index contributed by atoms with van der Waals surface area (Å²) < 4.78 is 0. The normalized spacial score (nSPS) is 12.2. The van der Waals surface area contributed by atoms with Crippen LogP contribution in [0.15, 0.2) is 47.6 Å². The van der Waals surface area contributed by atoms with Crippen LogP contribution in [0.4, 0.5) is 0 Å². The lowest BCUT2D eigenvalue weighted by Crippen LogP contribution is -2.03. The van der Waals surface area contributed by atoms with Crippen molar-refractivity contribution in [3.8, 4) is 0 Å². The van der Waals surface area contributed by atoms with E-state index in [0.29, 0.717) is 0 Å². The lowest BCUT2D eigenvalue weighted by Gasteiger charge is -2.16. The van der Waals surface area contributed by atoms with Crippen molar-refractivity contribution in [2.24, 2.45) is 5.18 Å². The maximum absolute atomic E-state index is 11.2. The van der Waals surface area contributed by atoms with Gasteiger partial charge in [0.05, 0.1) is 0 Å². The van der Waals surface area contributed by atoms with Gasteiger partial charge in [0, 0.05) is 0 Å². The molecule has 2 aromatic rings. The molecule has 2 rings (SSSR count). The lowest BCUT2D eigenvalue weighted by molar-refractivity contribution is 0.843. The predicted octanol–water partition coefficient (Wildman–Crippen LogP) is 4.47. The van der Waals surface area contributed by atoms with E-state index in [1.54, 1.807) is 0 Å². The molecule has 2 aromatic carbocycles. The number of hydrogen-bond acceptors (Lipinski definition) is 2. The van der Waals surface area contributed by atoms with E-state index in [-0.39, 0.29) is 0 Å². The number of rotatable bonds is 3. The van der Waals surface area contributed by atoms with Crippen molar-refractivity contribution in [3.63, 3.8) is 0 Å². The number of nitrogens with zero attached hydrogens (tertiary/aromatic N) is 1. The summed E-state index contributed by atoms with van der Waals surface area (Å²) in [4.78, 5) is 11.2. The second-order valence-corrected chi connectivity index (χ2v) is 4.73. The van der Waals surface area contributed by atoms with Crippen LogP contribution in [0.2, 0.25) is 0 Å². The van der Waals surface area contributed by atoms with Crippen LogP contribution < -0.4 is 0 Å². The van der Waals surface area contributed by atoms with E-state index in [0.717, 1.165) is 22.3 Å². The zero-order valence-electron chi connectivity index (χ0n) is 11.0. The smallest absolute Gasteiger partial charge is 0.142 e. The minimum absolute atomic E-state index is 0.410. The van der Waals surface area contributed by atoms with Gasteiger partial charge in [-0.1, -0.05) is 53.2 Å². The van der Waals surface area contributed by atoms with Gasteiger partial charge < -0.3 is 0 Å². The first-order valence-electron chi connectivity index (χ1n) is 6.08. The van der Waals surface area contributed by atoms with Crippen molar-refractivity contribution in [1.82, 2.24) is 0 Å². The molecule has 0 aliphatic heterocycles. The molecular formula is C16H17NO. The summed E-state index contributed by atoms with van der Waals surface area (Å²) in [6, 6.07) is 13.5. The average Bonchev–Trinajstić information content (AvgIpc) is 2.34. The first-order chi connectivity index (χ1) is 8.63. The van der Waals surface area contributed by atoms with Crippen molar-refractivity contribution < 1.29 is 0 Å². The highest BCUT2D eigenvalue weighted by atomic mass is 16.3. The van der Waals surface area contributed by atoms with Gasteiger partial charge in [0.2, 0.25) is 0 Å². The van der Waals surface area contributed by atoms with Gasteiger partial charge in [-0.05, 0) is 43.0 Å². The monoisotopic (exact) mass is 239 g/mol. The summed E-state index contributed by atoms with van der Waals surface area (Å²) in [7, 11) is 0. The van der Waals surface area contributed by atoms with Gasteiger partial charge in [-0.2, -0.15) is 0 Å². The molecule has 0 N–H and O–H groups in total. The molecule has 1 atom stereocenters. The molecule has 2 nitrogen and oxygen atoms in total. The maximum atomic E-state index is 11.2. The number of aryl methyl sites for hydroxylation is 3. The Bertz CT molecular complexity index is 538. The van der Waals surface area contributed by atoms with Crippen LogP contribution in [-0.4, -0.2) is 0 Å². The van der Waals surface area contributed by atoms with E-state index in [1.807, 2.05) is 44.2 Å². The Morgan fingerprint density at radius 1 is 0.944 bits per heavy atom. The van der Waals surface area contributed by atoms with E-state index in [2.05, 4.69) is 24.2 Å². The quantitative estimate of drug-likeness (QED) is 0.727. The van der Waals surface area contributed by atoms with Crippen LogP contribution in [0.5, 0.6) is 0 Å². The summed E-state index contributed by atoms with van der Waals surface area (Å²) in [5, 5.41) is 3.33. The van der Waals surface area contributed by atoms with E-state index < -0.39 is 6.04 Å². The molecule has 0 radical (unpaired) electrons. The van der Waals surface area contributed by atoms with Crippen LogP contribution >= 0.6 is 0 Å². The Balaban J connectivity index is 2.56. The molecule has 1 unspecified atom stereocenters. The molecule has 0 aliphatic carbocycles. The van der Waals surface area contributed by atoms with Gasteiger partial charge >= 0.3 is 0 Å². The highest BCUT2D eigenvalue weighted by molar-refractivity contribution is 5.44. The SMILES string of the molecule is Cc1cc(C)c(C(N=O)c2ccccc2)c(C)c1. The standard InChI is InChI=1S/C16H17NO/c1-11-9-12(2)15(13(3)10-11)16(17-18)14-7-5-4-6-8-14/h4-10,16H,1-3H3. The molecule has 0 saturated carbocycles. The molecule has 0 aromatic heterocycles. The zero-order chi connectivity index (χ0) is 13.1. The Morgan fingerprint density at radius 2 is 1.50 bits per heavy atom. The maximum Gasteiger partial charge on any atom is 0.142 e. The first-order valence-corrected chi connectivity index (χ1v) is 6.08. The van der Waals surface area contributed by atoms with Gasteiger partial charge in [0.25, 0.3) is 0 Å². The minimum atomic E-state index is -0.410. The van der Waals surface area contributed by atoms with E-state index >= 15 is 0 Å². The Kier molecular flexibility index (Phi) is 3.56. The van der Waals surface area contributed by atoms with Crippen LogP contribution in [0, 0.1) is 25.7 Å². The van der Waals surface area contributed by atoms with Gasteiger partial charge in [0.1, 0.15) is 6.04 Å². The third-order valence-corrected chi connectivity index (χ3v) is 3.23. The summed E-state index contributed by atoms with van der Waals surface area (Å²) in [5.74, 6) is 0. The van der Waals surface area contributed by atoms with Gasteiger partial charge in [-0.25, -0.2) is 0 Å². The number of nitroso groups, excluding NO2 is 1. The van der Waals surface area contributed by atoms with Crippen molar-refractivity contribution >= 4 is 0 Å². The number of benzene rings is 2. The van der Waals surface area contributed by atoms with Crippen LogP contribution in [0.1, 0.15) is 33.9 Å². The van der Waals surface area contributed by atoms with Crippen LogP contribution in [0.25, 0.3) is 0 Å². The molecule has 18 heavy (non-hydrogen) atoms. The minimum Gasteiger partial charge on any atom is -0.150 e. The van der Waals surface area contributed by atoms with Crippen LogP contribution in [0.3, 0.4) is 0 Å². The lowest BCUT2D eigenvalue weighted by atomic mass is 9.90. The molecule has 0 bridgehead atoms. The van der Waals surface area contributed by atoms with E-state index in [4.69, 9.17) is 0 Å². The molecule has 0 aliphatic rings. The molecule has 0 saturated heterocycles. The summed E-state index contributed by atoms with van der Waals surface area (Å²) in [6.07, 6.45) is 0. The third kappa shape index (κ3) is 2.33. The molecule has 0 heterocycles. The molecule has 92 valence electrons. The molecule has 2 heteroatoms. The van der Waals surface area contributed by atoms with Gasteiger partial charge in [-0.3, -0.25) is 0 Å². The number of hydrogen-bond donors (Lipinski definition) is 0. The molecule has 0 amide bonds. The van der Waals surface area contributed by atoms with Crippen molar-refractivity contribution in [2.45, 2.75) is 26.8 Å². The second-order valence-electron chi connectivity index (χ2n) is 4.73. The molecule has 0 spiro atoms. The third-order valence-electron chi connectivity index (χ3n) is 3.23. The van der Waals surface area contributed by atoms with Gasteiger partial charge in [-0.15, -0.1) is 4.91 Å². The summed E-state index contributed by atoms with van der Waals surface area (Å²) >= 11 is 0. The first kappa shape index (κ1) is 12.5. The molecular weight excluding hydrogens is 222 g/mol. The second kappa shape index (κ2) is 5.13. The van der Waals surface area contributed by atoms with E-state index in [1.165, 1.54) is 5.56 Å². The fourth-order valence-electron chi connectivity index (χ4n) is 2.54. The largest absolute Gasteiger partial charge is 0.150 e. The Morgan fingerprint density at radius 3 is 2.00 bits per heavy atom. The van der Waals surface area contributed by atoms with Crippen molar-refractivity contribution in [3.05, 3.63) is 75.2 Å². The van der Waals surface area contributed by atoms with Crippen molar-refractivity contribution in [1.29, 1.82) is 0 Å². The van der Waals surface area contributed by atoms with Crippen molar-refractivity contribution in [2.75, 3.05) is 0 Å². The Labute approximate surface area is 108 Å². The topological polar surface area (TPSA) is 29.4 Å². The predicted molar refractivity (Wildman–Crippen MR) is 74.7 cm³/mol. The fourth-order valence-corrected chi connectivity index (χ4v) is 2.54. The Hall–Kier alpha value is -1.96. The summed E-state index contributed by atoms with van der Waals surface area (Å²) in [6.45, 7) is 6.14. The van der Waals surface area contributed by atoms with Crippen LogP contribution in [-0.2, 0) is 0 Å². The fraction of sp³-hybridized carbons (Fsp3) is 0.250. The highest BCUT2D eigenvalue weighted by Crippen LogP contribution is 2.31. The van der Waals surface area contributed by atoms with E-state index in [9.17, 15) is 4.91 Å². The summed E-state index contributed by atoms with van der Waals surface area (Å²) in [5.41, 5.74) is 5.44. The highest BCUT2D eigenvalue weighted by Gasteiger charge is 2.18. The zero-order valence-corrected chi connectivity index (χ0v) is 11.0. The molecule has 0 fully saturated rings. The average molecular weight is 239 g/mol. The van der Waals surface area contributed by atoms with Gasteiger partial charge in [0.15, 0.2) is 0 Å².